The standard InChI is InChI=1S/C37H30N2O8/c1-38-35(36(33(42)44-2,28-19-11-5-12-20-28)29-21-13-6-14-22-29)25-46-39(32(35)41)37(30(40)23-24-45-37)34(43)47-31(26-15-7-3-8-16-26)27-17-9-4-10-18-27/h3-22,31H,23-25H2,2H3. The molecule has 4 aromatic carbocycles. The molecule has 10 heteroatoms. The quantitative estimate of drug-likeness (QED) is 0.150. The first-order valence-corrected chi connectivity index (χ1v) is 14.9. The van der Waals surface area contributed by atoms with E-state index in [-0.39, 0.29) is 24.2 Å². The number of hydroxylamine groups is 2. The van der Waals surface area contributed by atoms with Crippen LogP contribution in [0.4, 0.5) is 0 Å². The molecule has 2 aliphatic rings. The lowest BCUT2D eigenvalue weighted by Crippen LogP contribution is -2.65. The van der Waals surface area contributed by atoms with Gasteiger partial charge in [-0.25, -0.2) is 11.4 Å². The van der Waals surface area contributed by atoms with E-state index < -0.39 is 53.0 Å². The predicted molar refractivity (Wildman–Crippen MR) is 167 cm³/mol. The van der Waals surface area contributed by atoms with Crippen molar-refractivity contribution in [2.75, 3.05) is 20.3 Å². The summed E-state index contributed by atoms with van der Waals surface area (Å²) in [6.45, 7) is 7.55. The first-order valence-electron chi connectivity index (χ1n) is 14.9. The van der Waals surface area contributed by atoms with Crippen molar-refractivity contribution < 1.29 is 38.2 Å². The zero-order valence-corrected chi connectivity index (χ0v) is 25.4. The summed E-state index contributed by atoms with van der Waals surface area (Å²) < 4.78 is 17.2. The lowest BCUT2D eigenvalue weighted by Gasteiger charge is -2.37. The second-order valence-electron chi connectivity index (χ2n) is 11.1. The molecule has 236 valence electrons. The Bertz CT molecular complexity index is 1750. The first kappa shape index (κ1) is 31.4. The van der Waals surface area contributed by atoms with Gasteiger partial charge in [-0.2, -0.15) is 5.06 Å². The second kappa shape index (κ2) is 12.6. The summed E-state index contributed by atoms with van der Waals surface area (Å²) in [5.74, 6) is -4.03. The number of carbonyl (C=O) groups excluding carboxylic acids is 4. The summed E-state index contributed by atoms with van der Waals surface area (Å²) in [6, 6.07) is 34.4. The highest BCUT2D eigenvalue weighted by atomic mass is 16.7. The van der Waals surface area contributed by atoms with Gasteiger partial charge in [0.05, 0.1) is 13.7 Å². The van der Waals surface area contributed by atoms with Crippen molar-refractivity contribution >= 4 is 23.6 Å². The highest BCUT2D eigenvalue weighted by Crippen LogP contribution is 2.51. The Morgan fingerprint density at radius 1 is 0.830 bits per heavy atom. The van der Waals surface area contributed by atoms with Crippen molar-refractivity contribution in [3.05, 3.63) is 155 Å². The molecule has 10 nitrogen and oxygen atoms in total. The van der Waals surface area contributed by atoms with Crippen molar-refractivity contribution in [2.45, 2.75) is 29.2 Å². The average Bonchev–Trinajstić information content (AvgIpc) is 3.69. The number of hydrogen-bond acceptors (Lipinski definition) is 8. The van der Waals surface area contributed by atoms with Crippen LogP contribution in [0.3, 0.4) is 0 Å². The Morgan fingerprint density at radius 2 is 1.32 bits per heavy atom. The van der Waals surface area contributed by atoms with Crippen molar-refractivity contribution in [3.63, 3.8) is 0 Å². The number of amides is 1. The largest absolute Gasteiger partial charge is 0.468 e. The lowest BCUT2D eigenvalue weighted by atomic mass is 9.61. The summed E-state index contributed by atoms with van der Waals surface area (Å²) in [7, 11) is 1.16. The van der Waals surface area contributed by atoms with E-state index in [4.69, 9.17) is 25.6 Å². The van der Waals surface area contributed by atoms with Crippen LogP contribution < -0.4 is 0 Å². The van der Waals surface area contributed by atoms with E-state index in [1.807, 2.05) is 12.1 Å². The van der Waals surface area contributed by atoms with E-state index in [0.29, 0.717) is 16.2 Å². The maximum atomic E-state index is 14.9. The Hall–Kier alpha value is -5.63. The molecule has 0 aliphatic carbocycles. The van der Waals surface area contributed by atoms with E-state index in [9.17, 15) is 19.2 Å². The third-order valence-corrected chi connectivity index (χ3v) is 8.67. The maximum absolute atomic E-state index is 14.9. The van der Waals surface area contributed by atoms with Crippen molar-refractivity contribution in [1.29, 1.82) is 0 Å². The van der Waals surface area contributed by atoms with Gasteiger partial charge < -0.3 is 14.2 Å². The summed E-state index contributed by atoms with van der Waals surface area (Å²) in [6.07, 6.45) is -1.21. The smallest absolute Gasteiger partial charge is 0.371 e. The van der Waals surface area contributed by atoms with E-state index in [2.05, 4.69) is 4.85 Å². The van der Waals surface area contributed by atoms with Gasteiger partial charge in [0, 0.05) is 6.42 Å². The SMILES string of the molecule is [C-]#[N+]C1(C(C(=O)OC)(c2ccccc2)c2ccccc2)CON(C2(C(=O)OC(c3ccccc3)c3ccccc3)OCCC2=O)C1=O. The molecule has 0 spiro atoms. The molecule has 1 amide bonds. The highest BCUT2D eigenvalue weighted by Gasteiger charge is 2.78. The first-order chi connectivity index (χ1) is 22.9. The molecule has 2 aliphatic heterocycles. The average molecular weight is 631 g/mol. The maximum Gasteiger partial charge on any atom is 0.371 e. The normalized spacial score (nSPS) is 21.0. The number of carbonyl (C=O) groups is 4. The third kappa shape index (κ3) is 4.79. The topological polar surface area (TPSA) is 113 Å². The number of hydrogen-bond donors (Lipinski definition) is 0. The molecular weight excluding hydrogens is 600 g/mol. The number of Topliss-reactive ketones (excluding diaryl/α,β-unsaturated/α-hetero) is 1. The van der Waals surface area contributed by atoms with Gasteiger partial charge >= 0.3 is 29.1 Å². The number of ketones is 1. The van der Waals surface area contributed by atoms with Gasteiger partial charge in [-0.15, -0.1) is 0 Å². The van der Waals surface area contributed by atoms with Gasteiger partial charge in [-0.1, -0.05) is 121 Å². The van der Waals surface area contributed by atoms with Crippen LogP contribution in [-0.2, 0) is 43.6 Å². The predicted octanol–water partition coefficient (Wildman–Crippen LogP) is 4.60. The molecule has 4 aromatic rings. The zero-order valence-electron chi connectivity index (χ0n) is 25.4. The summed E-state index contributed by atoms with van der Waals surface area (Å²) >= 11 is 0. The number of ether oxygens (including phenoxy) is 3. The van der Waals surface area contributed by atoms with Gasteiger partial charge in [0.15, 0.2) is 12.7 Å². The molecule has 47 heavy (non-hydrogen) atoms. The molecule has 2 saturated heterocycles. The van der Waals surface area contributed by atoms with E-state index in [0.717, 1.165) is 7.11 Å². The minimum Gasteiger partial charge on any atom is -0.468 e. The number of methoxy groups -OCH3 is 1. The van der Waals surface area contributed by atoms with Gasteiger partial charge in [-0.05, 0) is 22.3 Å². The molecule has 0 radical (unpaired) electrons. The molecular formula is C37H30N2O8. The minimum absolute atomic E-state index is 0.215. The van der Waals surface area contributed by atoms with E-state index in [1.54, 1.807) is 109 Å². The Labute approximate surface area is 271 Å². The lowest BCUT2D eigenvalue weighted by molar-refractivity contribution is -0.257. The van der Waals surface area contributed by atoms with Crippen molar-refractivity contribution in [2.24, 2.45) is 0 Å². The monoisotopic (exact) mass is 630 g/mol. The van der Waals surface area contributed by atoms with Crippen molar-refractivity contribution in [1.82, 2.24) is 5.06 Å². The van der Waals surface area contributed by atoms with E-state index >= 15 is 0 Å². The summed E-state index contributed by atoms with van der Waals surface area (Å²) in [5, 5.41) is 0.499. The Morgan fingerprint density at radius 3 is 1.74 bits per heavy atom. The molecule has 6 rings (SSSR count). The summed E-state index contributed by atoms with van der Waals surface area (Å²) in [5.41, 5.74) is -5.38. The number of rotatable bonds is 9. The molecule has 2 atom stereocenters. The van der Waals surface area contributed by atoms with E-state index in [1.165, 1.54) is 0 Å². The fourth-order valence-electron chi connectivity index (χ4n) is 6.43. The molecule has 2 fully saturated rings. The van der Waals surface area contributed by atoms with Gasteiger partial charge in [0.25, 0.3) is 0 Å². The van der Waals surface area contributed by atoms with Crippen molar-refractivity contribution in [3.8, 4) is 0 Å². The van der Waals surface area contributed by atoms with Gasteiger partial charge in [0.1, 0.15) is 0 Å². The molecule has 0 saturated carbocycles. The van der Waals surface area contributed by atoms with Gasteiger partial charge in [-0.3, -0.25) is 24.1 Å². The second-order valence-corrected chi connectivity index (χ2v) is 11.1. The molecule has 0 N–H and O–H groups in total. The third-order valence-electron chi connectivity index (χ3n) is 8.67. The van der Waals surface area contributed by atoms with Crippen LogP contribution in [0.25, 0.3) is 4.85 Å². The number of nitrogens with zero attached hydrogens (tertiary/aromatic N) is 2. The fraction of sp³-hybridized carbons (Fsp3) is 0.216. The number of benzene rings is 4. The fourth-order valence-corrected chi connectivity index (χ4v) is 6.43. The zero-order chi connectivity index (χ0) is 33.1. The van der Waals surface area contributed by atoms with Crippen LogP contribution in [0.15, 0.2) is 121 Å². The van der Waals surface area contributed by atoms with Crippen LogP contribution >= 0.6 is 0 Å². The molecule has 2 heterocycles. The minimum atomic E-state index is -2.68. The molecule has 0 aromatic heterocycles. The Kier molecular flexibility index (Phi) is 8.43. The van der Waals surface area contributed by atoms with Crippen LogP contribution in [0.5, 0.6) is 0 Å². The molecule has 0 bridgehead atoms. The molecule has 2 unspecified atom stereocenters. The van der Waals surface area contributed by atoms with Crippen LogP contribution in [0.2, 0.25) is 0 Å². The summed E-state index contributed by atoms with van der Waals surface area (Å²) in [4.78, 5) is 66.8. The van der Waals surface area contributed by atoms with Crippen LogP contribution in [0, 0.1) is 6.57 Å². The van der Waals surface area contributed by atoms with Gasteiger partial charge in [0.2, 0.25) is 11.2 Å². The highest BCUT2D eigenvalue weighted by molar-refractivity contribution is 6.13. The Balaban J connectivity index is 1.49. The van der Waals surface area contributed by atoms with Crippen LogP contribution in [0.1, 0.15) is 34.8 Å². The van der Waals surface area contributed by atoms with Crippen LogP contribution in [-0.4, -0.2) is 60.3 Å². The number of esters is 2.